The van der Waals surface area contributed by atoms with Gasteiger partial charge in [-0.1, -0.05) is 18.2 Å². The van der Waals surface area contributed by atoms with Gasteiger partial charge < -0.3 is 15.2 Å². The van der Waals surface area contributed by atoms with E-state index in [1.807, 2.05) is 37.3 Å². The maximum absolute atomic E-state index is 10.5. The number of carbonyl (C=O) groups is 1. The molecule has 88 valence electrons. The zero-order valence-electron chi connectivity index (χ0n) is 9.27. The van der Waals surface area contributed by atoms with E-state index in [9.17, 15) is 9.90 Å². The molecule has 0 saturated heterocycles. The van der Waals surface area contributed by atoms with Gasteiger partial charge in [-0.25, -0.2) is 4.98 Å². The van der Waals surface area contributed by atoms with Crippen molar-refractivity contribution in [2.45, 2.75) is 13.3 Å². The molecular formula is C12H11N2O2S-. The van der Waals surface area contributed by atoms with Crippen molar-refractivity contribution < 1.29 is 9.90 Å². The molecule has 0 amide bonds. The van der Waals surface area contributed by atoms with Gasteiger partial charge in [0.25, 0.3) is 0 Å². The van der Waals surface area contributed by atoms with Gasteiger partial charge in [0.05, 0.1) is 5.69 Å². The maximum Gasteiger partial charge on any atom is 0.187 e. The summed E-state index contributed by atoms with van der Waals surface area (Å²) in [6.45, 7) is 1.85. The highest BCUT2D eigenvalue weighted by molar-refractivity contribution is 7.15. The van der Waals surface area contributed by atoms with Crippen LogP contribution in [0.25, 0.3) is 0 Å². The summed E-state index contributed by atoms with van der Waals surface area (Å²) in [5.41, 5.74) is 1.50. The van der Waals surface area contributed by atoms with Crippen molar-refractivity contribution in [3.63, 3.8) is 0 Å². The lowest BCUT2D eigenvalue weighted by atomic mass is 10.3. The van der Waals surface area contributed by atoms with Crippen molar-refractivity contribution in [1.82, 2.24) is 4.98 Å². The topological polar surface area (TPSA) is 65.0 Å². The number of aromatic nitrogens is 1. The van der Waals surface area contributed by atoms with E-state index in [-0.39, 0.29) is 6.42 Å². The summed E-state index contributed by atoms with van der Waals surface area (Å²) in [6.07, 6.45) is -0.140. The monoisotopic (exact) mass is 247 g/mol. The second kappa shape index (κ2) is 4.97. The first kappa shape index (κ1) is 11.6. The largest absolute Gasteiger partial charge is 0.550 e. The predicted molar refractivity (Wildman–Crippen MR) is 65.3 cm³/mol. The molecule has 2 rings (SSSR count). The molecule has 0 aliphatic carbocycles. The minimum atomic E-state index is -1.11. The molecule has 0 aliphatic rings. The van der Waals surface area contributed by atoms with Crippen molar-refractivity contribution in [2.24, 2.45) is 0 Å². The van der Waals surface area contributed by atoms with Crippen molar-refractivity contribution in [2.75, 3.05) is 5.32 Å². The number of anilines is 2. The Balaban J connectivity index is 2.15. The number of carboxylic acids is 1. The van der Waals surface area contributed by atoms with Gasteiger partial charge >= 0.3 is 0 Å². The van der Waals surface area contributed by atoms with E-state index in [1.54, 1.807) is 0 Å². The Morgan fingerprint density at radius 1 is 1.41 bits per heavy atom. The summed E-state index contributed by atoms with van der Waals surface area (Å²) >= 11 is 1.44. The number of nitrogens with one attached hydrogen (secondary N) is 1. The molecule has 4 nitrogen and oxygen atoms in total. The van der Waals surface area contributed by atoms with Crippen LogP contribution in [0.3, 0.4) is 0 Å². The number of thiazole rings is 1. The number of aliphatic carboxylic acids is 1. The molecule has 0 bridgehead atoms. The Morgan fingerprint density at radius 3 is 2.76 bits per heavy atom. The third kappa shape index (κ3) is 3.04. The summed E-state index contributed by atoms with van der Waals surface area (Å²) in [5.74, 6) is -1.11. The zero-order valence-corrected chi connectivity index (χ0v) is 10.1. The zero-order chi connectivity index (χ0) is 12.3. The molecule has 17 heavy (non-hydrogen) atoms. The number of para-hydroxylation sites is 1. The van der Waals surface area contributed by atoms with Gasteiger partial charge in [-0.15, -0.1) is 11.3 Å². The predicted octanol–water partition coefficient (Wildman–Crippen LogP) is 1.49. The van der Waals surface area contributed by atoms with Crippen LogP contribution in [0.5, 0.6) is 0 Å². The fraction of sp³-hybridized carbons (Fsp3) is 0.167. The highest BCUT2D eigenvalue weighted by Crippen LogP contribution is 2.25. The molecule has 1 N–H and O–H groups in total. The van der Waals surface area contributed by atoms with Crippen LogP contribution < -0.4 is 10.4 Å². The molecule has 0 aliphatic heterocycles. The second-order valence-corrected chi connectivity index (χ2v) is 4.76. The number of benzene rings is 1. The summed E-state index contributed by atoms with van der Waals surface area (Å²) in [6, 6.07) is 9.62. The fourth-order valence-corrected chi connectivity index (χ4v) is 2.28. The van der Waals surface area contributed by atoms with E-state index in [0.29, 0.717) is 10.8 Å². The van der Waals surface area contributed by atoms with Gasteiger partial charge in [0, 0.05) is 23.0 Å². The third-order valence-corrected chi connectivity index (χ3v) is 3.16. The van der Waals surface area contributed by atoms with Gasteiger partial charge in [-0.3, -0.25) is 0 Å². The SMILES string of the molecule is Cc1sc(Nc2ccccc2)nc1CC(=O)[O-]. The number of nitrogens with zero attached hydrogens (tertiary/aromatic N) is 1. The molecule has 0 radical (unpaired) electrons. The Labute approximate surface area is 103 Å². The van der Waals surface area contributed by atoms with Crippen LogP contribution in [-0.4, -0.2) is 11.0 Å². The number of carbonyl (C=O) groups excluding carboxylic acids is 1. The molecule has 5 heteroatoms. The minimum Gasteiger partial charge on any atom is -0.550 e. The minimum absolute atomic E-state index is 0.140. The number of rotatable bonds is 4. The smallest absolute Gasteiger partial charge is 0.187 e. The molecule has 1 aromatic heterocycles. The van der Waals surface area contributed by atoms with Crippen LogP contribution in [-0.2, 0) is 11.2 Å². The molecule has 0 atom stereocenters. The third-order valence-electron chi connectivity index (χ3n) is 2.23. The van der Waals surface area contributed by atoms with Gasteiger partial charge in [-0.2, -0.15) is 0 Å². The summed E-state index contributed by atoms with van der Waals surface area (Å²) in [5, 5.41) is 14.4. The van der Waals surface area contributed by atoms with E-state index in [4.69, 9.17) is 0 Å². The standard InChI is InChI=1S/C12H12N2O2S/c1-8-10(7-11(15)16)14-12(17-8)13-9-5-3-2-4-6-9/h2-6H,7H2,1H3,(H,13,14)(H,15,16)/p-1. The van der Waals surface area contributed by atoms with Crippen molar-refractivity contribution in [3.8, 4) is 0 Å². The molecular weight excluding hydrogens is 236 g/mol. The average molecular weight is 247 g/mol. The molecule has 0 saturated carbocycles. The Kier molecular flexibility index (Phi) is 3.39. The van der Waals surface area contributed by atoms with E-state index < -0.39 is 5.97 Å². The van der Waals surface area contributed by atoms with Crippen molar-refractivity contribution in [1.29, 1.82) is 0 Å². The van der Waals surface area contributed by atoms with Crippen LogP contribution in [0.4, 0.5) is 10.8 Å². The van der Waals surface area contributed by atoms with E-state index in [2.05, 4.69) is 10.3 Å². The van der Waals surface area contributed by atoms with Crippen LogP contribution in [0.2, 0.25) is 0 Å². The quantitative estimate of drug-likeness (QED) is 0.889. The fourth-order valence-electron chi connectivity index (χ4n) is 1.43. The average Bonchev–Trinajstić information content (AvgIpc) is 2.59. The van der Waals surface area contributed by atoms with E-state index >= 15 is 0 Å². The number of hydrogen-bond acceptors (Lipinski definition) is 5. The van der Waals surface area contributed by atoms with Crippen LogP contribution >= 0.6 is 11.3 Å². The van der Waals surface area contributed by atoms with Gasteiger partial charge in [-0.05, 0) is 19.1 Å². The van der Waals surface area contributed by atoms with E-state index in [0.717, 1.165) is 10.6 Å². The molecule has 0 unspecified atom stereocenters. The highest BCUT2D eigenvalue weighted by Gasteiger charge is 2.07. The number of aryl methyl sites for hydroxylation is 1. The lowest BCUT2D eigenvalue weighted by molar-refractivity contribution is -0.304. The van der Waals surface area contributed by atoms with E-state index in [1.165, 1.54) is 11.3 Å². The first-order chi connectivity index (χ1) is 8.15. The van der Waals surface area contributed by atoms with Crippen molar-refractivity contribution in [3.05, 3.63) is 40.9 Å². The molecule has 0 spiro atoms. The Hall–Kier alpha value is -1.88. The maximum atomic E-state index is 10.5. The highest BCUT2D eigenvalue weighted by atomic mass is 32.1. The van der Waals surface area contributed by atoms with Crippen LogP contribution in [0.1, 0.15) is 10.6 Å². The van der Waals surface area contributed by atoms with Crippen molar-refractivity contribution >= 4 is 28.1 Å². The molecule has 1 aromatic carbocycles. The van der Waals surface area contributed by atoms with Gasteiger partial charge in [0.2, 0.25) is 0 Å². The molecule has 2 aromatic rings. The van der Waals surface area contributed by atoms with Gasteiger partial charge in [0.1, 0.15) is 0 Å². The summed E-state index contributed by atoms with van der Waals surface area (Å²) < 4.78 is 0. The first-order valence-corrected chi connectivity index (χ1v) is 5.95. The van der Waals surface area contributed by atoms with Crippen LogP contribution in [0.15, 0.2) is 30.3 Å². The second-order valence-electron chi connectivity index (χ2n) is 3.56. The van der Waals surface area contributed by atoms with Gasteiger partial charge in [0.15, 0.2) is 5.13 Å². The first-order valence-electron chi connectivity index (χ1n) is 5.13. The van der Waals surface area contributed by atoms with Crippen LogP contribution in [0, 0.1) is 6.92 Å². The molecule has 1 heterocycles. The summed E-state index contributed by atoms with van der Waals surface area (Å²) in [7, 11) is 0. The lowest BCUT2D eigenvalue weighted by Crippen LogP contribution is -2.24. The number of hydrogen-bond donors (Lipinski definition) is 1. The number of carboxylic acid groups (broad SMARTS) is 1. The Morgan fingerprint density at radius 2 is 2.12 bits per heavy atom. The molecule has 0 fully saturated rings. The Bertz CT molecular complexity index is 523. The summed E-state index contributed by atoms with van der Waals surface area (Å²) in [4.78, 5) is 15.6. The normalized spacial score (nSPS) is 10.2. The lowest BCUT2D eigenvalue weighted by Gasteiger charge is -2.01.